The lowest BCUT2D eigenvalue weighted by Gasteiger charge is -2.55. The molecular weight excluding hydrogens is 647 g/mol. The molecule has 7 nitrogen and oxygen atoms in total. The molecule has 252 valence electrons. The number of nitrogens with zero attached hydrogens (tertiary/aromatic N) is 1. The van der Waals surface area contributed by atoms with Crippen molar-refractivity contribution in [3.05, 3.63) is 186 Å². The molecule has 0 radical (unpaired) electrons. The number of aryl methyl sites for hydroxylation is 1. The lowest BCUT2D eigenvalue weighted by Crippen LogP contribution is -2.71. The summed E-state index contributed by atoms with van der Waals surface area (Å²) in [5.74, 6) is -2.81. The minimum atomic E-state index is -4.39. The summed E-state index contributed by atoms with van der Waals surface area (Å²) in [6.07, 6.45) is 3.50. The van der Waals surface area contributed by atoms with Crippen molar-refractivity contribution in [3.63, 3.8) is 0 Å². The van der Waals surface area contributed by atoms with Crippen LogP contribution in [0.15, 0.2) is 169 Å². The van der Waals surface area contributed by atoms with E-state index >= 15 is 0 Å². The second kappa shape index (κ2) is 14.8. The van der Waals surface area contributed by atoms with E-state index < -0.39 is 39.3 Å². The molecule has 1 aliphatic rings. The van der Waals surface area contributed by atoms with Crippen LogP contribution in [0.25, 0.3) is 6.08 Å². The first-order valence-electron chi connectivity index (χ1n) is 16.2. The number of hydrogen-bond acceptors (Lipinski definition) is 6. The Kier molecular flexibility index (Phi) is 10.1. The first-order chi connectivity index (χ1) is 24.2. The molecule has 6 rings (SSSR count). The molecule has 0 N–H and O–H groups in total. The molecule has 1 aliphatic carbocycles. The number of benzene rings is 5. The number of esters is 2. The van der Waals surface area contributed by atoms with Crippen LogP contribution in [0.3, 0.4) is 0 Å². The standard InChI is InChI=1S/C42H37NO6S/c1-31-23-26-37(27-24-31)50(46,47)43(36-21-13-6-14-22-36)39-32(2)38(28-25-33-15-7-3-8-16-33)42(39,40(44)48-29-34-17-9-4-10-18-34)41(45)49-30-35-19-11-5-12-20-35/h3-28,38-39H,2,29-30H2,1H3/b28-25+/t38-,39-/m1/s1. The van der Waals surface area contributed by atoms with Gasteiger partial charge in [0.2, 0.25) is 0 Å². The highest BCUT2D eigenvalue weighted by atomic mass is 32.2. The number of carbonyl (C=O) groups is 2. The van der Waals surface area contributed by atoms with Crippen LogP contribution in [0.1, 0.15) is 22.3 Å². The number of sulfonamides is 1. The molecule has 0 heterocycles. The van der Waals surface area contributed by atoms with Crippen molar-refractivity contribution < 1.29 is 27.5 Å². The van der Waals surface area contributed by atoms with Gasteiger partial charge < -0.3 is 9.47 Å². The Hall–Kier alpha value is -5.73. The summed E-state index contributed by atoms with van der Waals surface area (Å²) in [5.41, 5.74) is 1.52. The zero-order valence-corrected chi connectivity index (χ0v) is 28.4. The molecule has 1 saturated carbocycles. The number of hydrogen-bond donors (Lipinski definition) is 0. The first-order valence-corrected chi connectivity index (χ1v) is 17.7. The summed E-state index contributed by atoms with van der Waals surface area (Å²) < 4.78 is 42.6. The van der Waals surface area contributed by atoms with Crippen LogP contribution < -0.4 is 4.31 Å². The van der Waals surface area contributed by atoms with Crippen molar-refractivity contribution in [1.29, 1.82) is 0 Å². The number of carbonyl (C=O) groups excluding carboxylic acids is 2. The van der Waals surface area contributed by atoms with Crippen LogP contribution in [0.2, 0.25) is 0 Å². The van der Waals surface area contributed by atoms with Crippen molar-refractivity contribution in [3.8, 4) is 0 Å². The van der Waals surface area contributed by atoms with Gasteiger partial charge in [0.15, 0.2) is 5.41 Å². The third-order valence-electron chi connectivity index (χ3n) is 8.88. The highest BCUT2D eigenvalue weighted by Crippen LogP contribution is 2.57. The molecule has 0 unspecified atom stereocenters. The monoisotopic (exact) mass is 683 g/mol. The summed E-state index contributed by atoms with van der Waals surface area (Å²) in [6, 6.07) is 41.0. The average Bonchev–Trinajstić information content (AvgIpc) is 3.15. The van der Waals surface area contributed by atoms with Crippen molar-refractivity contribution in [1.82, 2.24) is 0 Å². The fourth-order valence-corrected chi connectivity index (χ4v) is 7.97. The lowest BCUT2D eigenvalue weighted by molar-refractivity contribution is -0.183. The van der Waals surface area contributed by atoms with Crippen molar-refractivity contribution in [2.75, 3.05) is 4.31 Å². The largest absolute Gasteiger partial charge is 0.460 e. The van der Waals surface area contributed by atoms with Gasteiger partial charge in [0, 0.05) is 5.92 Å². The van der Waals surface area contributed by atoms with Crippen LogP contribution in [-0.2, 0) is 42.3 Å². The first kappa shape index (κ1) is 34.1. The predicted molar refractivity (Wildman–Crippen MR) is 194 cm³/mol. The Morgan fingerprint density at radius 3 is 1.66 bits per heavy atom. The van der Waals surface area contributed by atoms with Gasteiger partial charge in [-0.05, 0) is 53.5 Å². The van der Waals surface area contributed by atoms with Gasteiger partial charge in [0.05, 0.1) is 16.6 Å². The number of ether oxygens (including phenoxy) is 2. The van der Waals surface area contributed by atoms with E-state index in [9.17, 15) is 18.0 Å². The summed E-state index contributed by atoms with van der Waals surface area (Å²) in [7, 11) is -4.39. The fourth-order valence-electron chi connectivity index (χ4n) is 6.28. The highest BCUT2D eigenvalue weighted by Gasteiger charge is 2.72. The summed E-state index contributed by atoms with van der Waals surface area (Å²) in [4.78, 5) is 29.5. The quantitative estimate of drug-likeness (QED) is 0.0754. The highest BCUT2D eigenvalue weighted by molar-refractivity contribution is 7.92. The van der Waals surface area contributed by atoms with Crippen LogP contribution >= 0.6 is 0 Å². The second-order valence-corrected chi connectivity index (χ2v) is 14.0. The summed E-state index contributed by atoms with van der Waals surface area (Å²) >= 11 is 0. The van der Waals surface area contributed by atoms with E-state index in [2.05, 4.69) is 6.58 Å². The maximum atomic E-state index is 14.8. The third-order valence-corrected chi connectivity index (χ3v) is 10.7. The van der Waals surface area contributed by atoms with E-state index in [1.54, 1.807) is 78.9 Å². The molecule has 0 bridgehead atoms. The third kappa shape index (κ3) is 6.75. The van der Waals surface area contributed by atoms with Crippen LogP contribution in [0, 0.1) is 18.3 Å². The van der Waals surface area contributed by atoms with E-state index in [-0.39, 0.29) is 23.8 Å². The summed E-state index contributed by atoms with van der Waals surface area (Å²) in [5, 5.41) is 0. The SMILES string of the molecule is C=C1[C@@H](/C=C/c2ccccc2)C(C(=O)OCc2ccccc2)(C(=O)OCc2ccccc2)[C@@H]1N(c1ccccc1)S(=O)(=O)c1ccc(C)cc1. The second-order valence-electron chi connectivity index (χ2n) is 12.2. The zero-order valence-electron chi connectivity index (χ0n) is 27.6. The van der Waals surface area contributed by atoms with Crippen LogP contribution in [0.4, 0.5) is 5.69 Å². The van der Waals surface area contributed by atoms with Gasteiger partial charge in [-0.2, -0.15) is 0 Å². The van der Waals surface area contributed by atoms with Gasteiger partial charge in [0.25, 0.3) is 10.0 Å². The van der Waals surface area contributed by atoms with Crippen molar-refractivity contribution in [2.45, 2.75) is 31.1 Å². The van der Waals surface area contributed by atoms with E-state index in [1.807, 2.05) is 73.7 Å². The minimum absolute atomic E-state index is 0.00719. The van der Waals surface area contributed by atoms with E-state index in [1.165, 1.54) is 12.1 Å². The molecule has 0 amide bonds. The van der Waals surface area contributed by atoms with Crippen molar-refractivity contribution in [2.24, 2.45) is 11.3 Å². The van der Waals surface area contributed by atoms with Crippen LogP contribution in [-0.4, -0.2) is 26.4 Å². The molecule has 8 heteroatoms. The maximum absolute atomic E-state index is 14.8. The Bertz CT molecular complexity index is 2030. The zero-order chi connectivity index (χ0) is 35.1. The molecule has 0 aliphatic heterocycles. The summed E-state index contributed by atoms with van der Waals surface area (Å²) in [6.45, 7) is 5.91. The Labute approximate surface area is 293 Å². The molecule has 0 saturated heterocycles. The van der Waals surface area contributed by atoms with E-state index in [4.69, 9.17) is 9.47 Å². The number of anilines is 1. The molecule has 5 aromatic carbocycles. The molecule has 50 heavy (non-hydrogen) atoms. The molecule has 0 aromatic heterocycles. The van der Waals surface area contributed by atoms with Crippen LogP contribution in [0.5, 0.6) is 0 Å². The topological polar surface area (TPSA) is 90.0 Å². The van der Waals surface area contributed by atoms with Gasteiger partial charge >= 0.3 is 11.9 Å². The Morgan fingerprint density at radius 1 is 0.700 bits per heavy atom. The Morgan fingerprint density at radius 2 is 1.16 bits per heavy atom. The molecule has 2 atom stereocenters. The lowest BCUT2D eigenvalue weighted by atomic mass is 9.53. The van der Waals surface area contributed by atoms with E-state index in [0.29, 0.717) is 16.7 Å². The smallest absolute Gasteiger partial charge is 0.327 e. The molecular formula is C42H37NO6S. The van der Waals surface area contributed by atoms with E-state index in [0.717, 1.165) is 15.4 Å². The normalized spacial score (nSPS) is 16.7. The number of rotatable bonds is 12. The van der Waals surface area contributed by atoms with Crippen molar-refractivity contribution >= 4 is 33.7 Å². The molecule has 5 aromatic rings. The van der Waals surface area contributed by atoms with Gasteiger partial charge in [-0.25, -0.2) is 8.42 Å². The maximum Gasteiger partial charge on any atom is 0.327 e. The van der Waals surface area contributed by atoms with Gasteiger partial charge in [0.1, 0.15) is 13.2 Å². The molecule has 0 spiro atoms. The average molecular weight is 684 g/mol. The number of para-hydroxylation sites is 1. The minimum Gasteiger partial charge on any atom is -0.460 e. The van der Waals surface area contributed by atoms with Gasteiger partial charge in [-0.15, -0.1) is 0 Å². The van der Waals surface area contributed by atoms with Gasteiger partial charge in [-0.1, -0.05) is 146 Å². The van der Waals surface area contributed by atoms with Gasteiger partial charge in [-0.3, -0.25) is 13.9 Å². The fraction of sp³-hybridized carbons (Fsp3) is 0.143. The molecule has 1 fully saturated rings. The number of allylic oxidation sites excluding steroid dienone is 1. The predicted octanol–water partition coefficient (Wildman–Crippen LogP) is 7.93. The Balaban J connectivity index is 1.53.